The van der Waals surface area contributed by atoms with Crippen LogP contribution < -0.4 is 20.5 Å². The summed E-state index contributed by atoms with van der Waals surface area (Å²) >= 11 is 0. The third-order valence-electron chi connectivity index (χ3n) is 4.89. The van der Waals surface area contributed by atoms with Gasteiger partial charge in [-0.25, -0.2) is 9.97 Å². The molecule has 1 saturated heterocycles. The summed E-state index contributed by atoms with van der Waals surface area (Å²) in [5.74, 6) is 0.130. The van der Waals surface area contributed by atoms with E-state index in [1.807, 2.05) is 13.8 Å². The van der Waals surface area contributed by atoms with Crippen LogP contribution in [0, 0.1) is 0 Å². The fourth-order valence-electron chi connectivity index (χ4n) is 3.09. The molecule has 11 heteroatoms. The molecular weight excluding hydrogens is 452 g/mol. The van der Waals surface area contributed by atoms with Gasteiger partial charge >= 0.3 is 0 Å². The minimum Gasteiger partial charge on any atom is -0.488 e. The standard InChI is InChI=1S/C24H30N6O5/c1-4-26-7-6-21(25)29-23(31)17-10-18(34-16(2)15-33-3)12-19(11-17)35-22-14-27-20(13-28-22)24(32)30-8-5-9-30/h6-7,10-14,16,26H,4-5,8-9,15H2,1-3H3,(H2,25,29,31)/b7-6-/t16-/m0/s1. The summed E-state index contributed by atoms with van der Waals surface area (Å²) in [6.07, 6.45) is 6.55. The van der Waals surface area contributed by atoms with E-state index in [0.717, 1.165) is 19.5 Å². The Kier molecular flexibility index (Phi) is 9.13. The van der Waals surface area contributed by atoms with E-state index in [4.69, 9.17) is 19.9 Å². The second-order valence-corrected chi connectivity index (χ2v) is 7.80. The predicted molar refractivity (Wildman–Crippen MR) is 130 cm³/mol. The molecule has 0 unspecified atom stereocenters. The van der Waals surface area contributed by atoms with Crippen molar-refractivity contribution in [2.75, 3.05) is 33.4 Å². The number of methoxy groups -OCH3 is 1. The van der Waals surface area contributed by atoms with Crippen LogP contribution in [0.1, 0.15) is 41.1 Å². The zero-order valence-electron chi connectivity index (χ0n) is 20.1. The van der Waals surface area contributed by atoms with Crippen molar-refractivity contribution in [2.24, 2.45) is 10.7 Å². The van der Waals surface area contributed by atoms with Crippen molar-refractivity contribution in [2.45, 2.75) is 26.4 Å². The molecule has 35 heavy (non-hydrogen) atoms. The largest absolute Gasteiger partial charge is 0.488 e. The van der Waals surface area contributed by atoms with E-state index < -0.39 is 5.91 Å². The average Bonchev–Trinajstić information content (AvgIpc) is 2.78. The number of nitrogens with zero attached hydrogens (tertiary/aromatic N) is 4. The van der Waals surface area contributed by atoms with Crippen molar-refractivity contribution in [3.05, 3.63) is 54.1 Å². The number of carbonyl (C=O) groups excluding carboxylic acids is 2. The number of ether oxygens (including phenoxy) is 3. The van der Waals surface area contributed by atoms with Gasteiger partial charge in [-0.1, -0.05) is 0 Å². The van der Waals surface area contributed by atoms with Crippen molar-refractivity contribution < 1.29 is 23.8 Å². The molecule has 0 saturated carbocycles. The van der Waals surface area contributed by atoms with Gasteiger partial charge in [0.15, 0.2) is 0 Å². The van der Waals surface area contributed by atoms with Crippen molar-refractivity contribution >= 4 is 17.6 Å². The molecule has 2 aromatic rings. The molecule has 3 N–H and O–H groups in total. The summed E-state index contributed by atoms with van der Waals surface area (Å²) in [4.78, 5) is 39.0. The maximum absolute atomic E-state index is 12.7. The van der Waals surface area contributed by atoms with Gasteiger partial charge < -0.3 is 30.2 Å². The van der Waals surface area contributed by atoms with Crippen LogP contribution in [-0.4, -0.2) is 72.0 Å². The Morgan fingerprint density at radius 1 is 1.23 bits per heavy atom. The number of hydrogen-bond acceptors (Lipinski definition) is 8. The number of hydrogen-bond donors (Lipinski definition) is 2. The Balaban J connectivity index is 1.81. The Morgan fingerprint density at radius 3 is 2.63 bits per heavy atom. The van der Waals surface area contributed by atoms with Crippen LogP contribution in [-0.2, 0) is 4.74 Å². The van der Waals surface area contributed by atoms with Gasteiger partial charge in [0.25, 0.3) is 11.8 Å². The highest BCUT2D eigenvalue weighted by atomic mass is 16.5. The SMILES string of the molecule is CCN/C=C\C(N)=NC(=O)c1cc(Oc2cnc(C(=O)N3CCC3)cn2)cc(O[C@@H](C)COC)c1. The zero-order valence-corrected chi connectivity index (χ0v) is 20.1. The Labute approximate surface area is 204 Å². The summed E-state index contributed by atoms with van der Waals surface area (Å²) in [6.45, 7) is 6.28. The first-order chi connectivity index (χ1) is 16.9. The molecule has 186 valence electrons. The molecule has 11 nitrogen and oxygen atoms in total. The fourth-order valence-corrected chi connectivity index (χ4v) is 3.09. The van der Waals surface area contributed by atoms with E-state index in [2.05, 4.69) is 20.3 Å². The van der Waals surface area contributed by atoms with E-state index in [1.54, 1.807) is 30.3 Å². The Hall–Kier alpha value is -3.99. The van der Waals surface area contributed by atoms with Crippen LogP contribution in [0.4, 0.5) is 0 Å². The number of amides is 2. The molecular formula is C24H30N6O5. The summed E-state index contributed by atoms with van der Waals surface area (Å²) < 4.78 is 16.8. The van der Waals surface area contributed by atoms with Gasteiger partial charge in [0.1, 0.15) is 29.1 Å². The monoisotopic (exact) mass is 482 g/mol. The van der Waals surface area contributed by atoms with Gasteiger partial charge in [-0.15, -0.1) is 0 Å². The number of rotatable bonds is 11. The number of amidine groups is 1. The van der Waals surface area contributed by atoms with Gasteiger partial charge in [0.2, 0.25) is 5.88 Å². The lowest BCUT2D eigenvalue weighted by atomic mass is 10.2. The van der Waals surface area contributed by atoms with Crippen molar-refractivity contribution in [3.63, 3.8) is 0 Å². The number of carbonyl (C=O) groups is 2. The maximum atomic E-state index is 12.7. The number of nitrogens with two attached hydrogens (primary N) is 1. The topological polar surface area (TPSA) is 141 Å². The first kappa shape index (κ1) is 25.6. The minimum absolute atomic E-state index is 0.0471. The lowest BCUT2D eigenvalue weighted by molar-refractivity contribution is 0.0645. The molecule has 1 atom stereocenters. The normalized spacial score (nSPS) is 14.4. The van der Waals surface area contributed by atoms with Gasteiger partial charge in [-0.3, -0.25) is 9.59 Å². The first-order valence-electron chi connectivity index (χ1n) is 11.3. The molecule has 1 aromatic heterocycles. The molecule has 2 heterocycles. The summed E-state index contributed by atoms with van der Waals surface area (Å²) in [7, 11) is 1.57. The third kappa shape index (κ3) is 7.51. The zero-order chi connectivity index (χ0) is 25.2. The average molecular weight is 483 g/mol. The maximum Gasteiger partial charge on any atom is 0.279 e. The molecule has 0 spiro atoms. The van der Waals surface area contributed by atoms with Crippen LogP contribution in [0.25, 0.3) is 0 Å². The van der Waals surface area contributed by atoms with Gasteiger partial charge in [-0.05, 0) is 38.5 Å². The lowest BCUT2D eigenvalue weighted by Gasteiger charge is -2.30. The van der Waals surface area contributed by atoms with Gasteiger partial charge in [0, 0.05) is 44.6 Å². The van der Waals surface area contributed by atoms with E-state index in [9.17, 15) is 9.59 Å². The van der Waals surface area contributed by atoms with Crippen LogP contribution in [0.3, 0.4) is 0 Å². The molecule has 2 amide bonds. The van der Waals surface area contributed by atoms with Gasteiger partial charge in [-0.2, -0.15) is 4.99 Å². The number of aromatic nitrogens is 2. The highest BCUT2D eigenvalue weighted by Gasteiger charge is 2.23. The van der Waals surface area contributed by atoms with E-state index in [-0.39, 0.29) is 40.7 Å². The smallest absolute Gasteiger partial charge is 0.279 e. The van der Waals surface area contributed by atoms with Crippen LogP contribution >= 0.6 is 0 Å². The molecule has 0 radical (unpaired) electrons. The molecule has 0 bridgehead atoms. The van der Waals surface area contributed by atoms with Crippen molar-refractivity contribution in [1.29, 1.82) is 0 Å². The number of likely N-dealkylation sites (tertiary alicyclic amines) is 1. The van der Waals surface area contributed by atoms with Gasteiger partial charge in [0.05, 0.1) is 19.0 Å². The van der Waals surface area contributed by atoms with E-state index in [0.29, 0.717) is 18.9 Å². The molecule has 1 aliphatic heterocycles. The summed E-state index contributed by atoms with van der Waals surface area (Å²) in [6, 6.07) is 4.66. The fraction of sp³-hybridized carbons (Fsp3) is 0.375. The molecule has 1 aromatic carbocycles. The predicted octanol–water partition coefficient (Wildman–Crippen LogP) is 2.15. The second kappa shape index (κ2) is 12.5. The lowest BCUT2D eigenvalue weighted by Crippen LogP contribution is -2.42. The first-order valence-corrected chi connectivity index (χ1v) is 11.3. The van der Waals surface area contributed by atoms with Crippen LogP contribution in [0.15, 0.2) is 47.9 Å². The number of benzene rings is 1. The Morgan fingerprint density at radius 2 is 2.00 bits per heavy atom. The minimum atomic E-state index is -0.570. The molecule has 3 rings (SSSR count). The highest BCUT2D eigenvalue weighted by molar-refractivity contribution is 6.06. The second-order valence-electron chi connectivity index (χ2n) is 7.80. The summed E-state index contributed by atoms with van der Waals surface area (Å²) in [5.41, 5.74) is 6.27. The summed E-state index contributed by atoms with van der Waals surface area (Å²) in [5, 5.41) is 2.95. The molecule has 0 aliphatic carbocycles. The van der Waals surface area contributed by atoms with Crippen molar-refractivity contribution in [3.8, 4) is 17.4 Å². The quantitative estimate of drug-likeness (QED) is 0.364. The third-order valence-corrected chi connectivity index (χ3v) is 4.89. The van der Waals surface area contributed by atoms with E-state index >= 15 is 0 Å². The van der Waals surface area contributed by atoms with Crippen LogP contribution in [0.5, 0.6) is 17.4 Å². The highest BCUT2D eigenvalue weighted by Crippen LogP contribution is 2.28. The molecule has 1 aliphatic rings. The number of nitrogens with one attached hydrogen (secondary N) is 1. The van der Waals surface area contributed by atoms with E-state index in [1.165, 1.54) is 24.5 Å². The van der Waals surface area contributed by atoms with Crippen LogP contribution in [0.2, 0.25) is 0 Å². The Bertz CT molecular complexity index is 1080. The number of aliphatic imine (C=N–C) groups is 1. The van der Waals surface area contributed by atoms with Crippen molar-refractivity contribution in [1.82, 2.24) is 20.2 Å². The molecule has 1 fully saturated rings.